The molecule has 1 fully saturated rings. The highest BCUT2D eigenvalue weighted by molar-refractivity contribution is 9.10. The van der Waals surface area contributed by atoms with Gasteiger partial charge >= 0.3 is 5.97 Å². The molecule has 2 heterocycles. The van der Waals surface area contributed by atoms with E-state index in [-0.39, 0.29) is 5.91 Å². The third-order valence-electron chi connectivity index (χ3n) is 3.35. The molecular formula is C12H15BrN2O4. The molecule has 0 saturated carbocycles. The Morgan fingerprint density at radius 2 is 2.00 bits per heavy atom. The number of aliphatic carboxylic acids is 1. The lowest BCUT2D eigenvalue weighted by atomic mass is 10.2. The fraction of sp³-hybridized carbons (Fsp3) is 0.500. The van der Waals surface area contributed by atoms with Crippen LogP contribution in [0, 0.1) is 0 Å². The van der Waals surface area contributed by atoms with Gasteiger partial charge in [-0.15, -0.1) is 0 Å². The Hall–Kier alpha value is -1.34. The van der Waals surface area contributed by atoms with E-state index in [9.17, 15) is 9.59 Å². The van der Waals surface area contributed by atoms with Crippen molar-refractivity contribution in [2.24, 2.45) is 0 Å². The van der Waals surface area contributed by atoms with Crippen LogP contribution in [0.25, 0.3) is 0 Å². The van der Waals surface area contributed by atoms with E-state index in [0.29, 0.717) is 36.4 Å². The lowest BCUT2D eigenvalue weighted by molar-refractivity contribution is -0.143. The topological polar surface area (TPSA) is 74.0 Å². The molecule has 1 saturated heterocycles. The largest absolute Gasteiger partial charge is 0.480 e. The molecule has 1 amide bonds. The van der Waals surface area contributed by atoms with Gasteiger partial charge in [-0.3, -0.25) is 14.5 Å². The van der Waals surface area contributed by atoms with Crippen LogP contribution in [0.4, 0.5) is 0 Å². The first-order valence-electron chi connectivity index (χ1n) is 6.00. The smallest absolute Gasteiger partial charge is 0.320 e. The minimum Gasteiger partial charge on any atom is -0.480 e. The molecule has 104 valence electrons. The van der Waals surface area contributed by atoms with Crippen LogP contribution >= 0.6 is 15.9 Å². The molecule has 1 aliphatic rings. The third-order valence-corrected chi connectivity index (χ3v) is 3.97. The minimum atomic E-state index is -0.836. The first kappa shape index (κ1) is 14.1. The molecule has 2 rings (SSSR count). The standard InChI is InChI=1S/C12H15BrN2O4/c1-8(12(17)18)14-3-5-15(6-4-14)11(16)9-2-7-19-10(9)13/h2,7-8H,3-6H2,1H3,(H,17,18). The van der Waals surface area contributed by atoms with E-state index in [1.165, 1.54) is 6.26 Å². The first-order chi connectivity index (χ1) is 9.00. The number of rotatable bonds is 3. The van der Waals surface area contributed by atoms with E-state index in [1.807, 2.05) is 4.90 Å². The van der Waals surface area contributed by atoms with E-state index in [2.05, 4.69) is 15.9 Å². The summed E-state index contributed by atoms with van der Waals surface area (Å²) < 4.78 is 5.48. The van der Waals surface area contributed by atoms with Gasteiger partial charge in [-0.25, -0.2) is 0 Å². The van der Waals surface area contributed by atoms with Crippen molar-refractivity contribution in [1.82, 2.24) is 9.80 Å². The molecule has 1 aromatic heterocycles. The van der Waals surface area contributed by atoms with Gasteiger partial charge in [0, 0.05) is 26.2 Å². The lowest BCUT2D eigenvalue weighted by Gasteiger charge is -2.36. The fourth-order valence-corrected chi connectivity index (χ4v) is 2.49. The molecule has 1 N–H and O–H groups in total. The van der Waals surface area contributed by atoms with Gasteiger partial charge < -0.3 is 14.4 Å². The predicted molar refractivity (Wildman–Crippen MR) is 71.0 cm³/mol. The fourth-order valence-electron chi connectivity index (χ4n) is 2.08. The van der Waals surface area contributed by atoms with Crippen molar-refractivity contribution in [3.8, 4) is 0 Å². The molecule has 0 spiro atoms. The quantitative estimate of drug-likeness (QED) is 0.903. The first-order valence-corrected chi connectivity index (χ1v) is 6.79. The minimum absolute atomic E-state index is 0.0942. The third kappa shape index (κ3) is 2.98. The summed E-state index contributed by atoms with van der Waals surface area (Å²) in [5, 5.41) is 8.96. The van der Waals surface area contributed by atoms with Crippen molar-refractivity contribution < 1.29 is 19.1 Å². The number of amides is 1. The Morgan fingerprint density at radius 1 is 1.37 bits per heavy atom. The molecule has 7 heteroatoms. The maximum atomic E-state index is 12.2. The summed E-state index contributed by atoms with van der Waals surface area (Å²) in [4.78, 5) is 26.7. The van der Waals surface area contributed by atoms with Crippen LogP contribution in [0.5, 0.6) is 0 Å². The summed E-state index contributed by atoms with van der Waals surface area (Å²) in [7, 11) is 0. The van der Waals surface area contributed by atoms with Gasteiger partial charge in [0.15, 0.2) is 4.67 Å². The second-order valence-corrected chi connectivity index (χ2v) is 5.17. The zero-order valence-corrected chi connectivity index (χ0v) is 12.1. The number of halogens is 1. The summed E-state index contributed by atoms with van der Waals surface area (Å²) in [5.41, 5.74) is 0.500. The van der Waals surface area contributed by atoms with Crippen LogP contribution < -0.4 is 0 Å². The molecule has 6 nitrogen and oxygen atoms in total. The highest BCUT2D eigenvalue weighted by atomic mass is 79.9. The number of furan rings is 1. The molecule has 1 unspecified atom stereocenters. The Kier molecular flexibility index (Phi) is 4.26. The summed E-state index contributed by atoms with van der Waals surface area (Å²) in [6.45, 7) is 3.83. The molecule has 0 bridgehead atoms. The van der Waals surface area contributed by atoms with E-state index in [4.69, 9.17) is 9.52 Å². The van der Waals surface area contributed by atoms with Crippen LogP contribution in [0.3, 0.4) is 0 Å². The lowest BCUT2D eigenvalue weighted by Crippen LogP contribution is -2.53. The summed E-state index contributed by atoms with van der Waals surface area (Å²) in [5.74, 6) is -0.930. The molecule has 1 atom stereocenters. The van der Waals surface area contributed by atoms with Gasteiger partial charge in [0.05, 0.1) is 11.8 Å². The van der Waals surface area contributed by atoms with Crippen molar-refractivity contribution >= 4 is 27.8 Å². The molecular weight excluding hydrogens is 316 g/mol. The molecule has 0 aromatic carbocycles. The van der Waals surface area contributed by atoms with Crippen LogP contribution in [-0.4, -0.2) is 59.0 Å². The molecule has 0 aliphatic carbocycles. The number of carbonyl (C=O) groups excluding carboxylic acids is 1. The number of hydrogen-bond donors (Lipinski definition) is 1. The van der Waals surface area contributed by atoms with Crippen molar-refractivity contribution in [2.75, 3.05) is 26.2 Å². The van der Waals surface area contributed by atoms with Gasteiger partial charge in [0.1, 0.15) is 6.04 Å². The van der Waals surface area contributed by atoms with Crippen molar-refractivity contribution in [3.63, 3.8) is 0 Å². The highest BCUT2D eigenvalue weighted by Gasteiger charge is 2.28. The number of carboxylic acids is 1. The van der Waals surface area contributed by atoms with Crippen LogP contribution in [0.15, 0.2) is 21.4 Å². The van der Waals surface area contributed by atoms with Crippen LogP contribution in [0.2, 0.25) is 0 Å². The Labute approximate surface area is 119 Å². The zero-order chi connectivity index (χ0) is 14.0. The maximum absolute atomic E-state index is 12.2. The number of carboxylic acid groups (broad SMARTS) is 1. The Morgan fingerprint density at radius 3 is 2.47 bits per heavy atom. The molecule has 1 aromatic rings. The maximum Gasteiger partial charge on any atom is 0.320 e. The number of nitrogens with zero attached hydrogens (tertiary/aromatic N) is 2. The number of carbonyl (C=O) groups is 2. The van der Waals surface area contributed by atoms with E-state index in [1.54, 1.807) is 17.9 Å². The SMILES string of the molecule is CC(C(=O)O)N1CCN(C(=O)c2ccoc2Br)CC1. The average Bonchev–Trinajstić information content (AvgIpc) is 2.83. The van der Waals surface area contributed by atoms with Crippen molar-refractivity contribution in [2.45, 2.75) is 13.0 Å². The number of piperazine rings is 1. The second kappa shape index (κ2) is 5.75. The van der Waals surface area contributed by atoms with E-state index >= 15 is 0 Å². The highest BCUT2D eigenvalue weighted by Crippen LogP contribution is 2.20. The van der Waals surface area contributed by atoms with Gasteiger partial charge in [-0.2, -0.15) is 0 Å². The molecule has 0 radical (unpaired) electrons. The van der Waals surface area contributed by atoms with Crippen molar-refractivity contribution in [1.29, 1.82) is 0 Å². The Balaban J connectivity index is 1.95. The summed E-state index contributed by atoms with van der Waals surface area (Å²) in [6, 6.07) is 1.11. The van der Waals surface area contributed by atoms with Gasteiger partial charge in [-0.1, -0.05) is 0 Å². The van der Waals surface area contributed by atoms with Crippen LogP contribution in [0.1, 0.15) is 17.3 Å². The van der Waals surface area contributed by atoms with E-state index in [0.717, 1.165) is 0 Å². The second-order valence-electron chi connectivity index (χ2n) is 4.45. The molecule has 19 heavy (non-hydrogen) atoms. The van der Waals surface area contributed by atoms with Crippen LogP contribution in [-0.2, 0) is 4.79 Å². The van der Waals surface area contributed by atoms with Gasteiger partial charge in [-0.05, 0) is 28.9 Å². The predicted octanol–water partition coefficient (Wildman–Crippen LogP) is 1.27. The zero-order valence-electron chi connectivity index (χ0n) is 10.5. The normalized spacial score (nSPS) is 18.3. The summed E-state index contributed by atoms with van der Waals surface area (Å²) >= 11 is 3.19. The molecule has 1 aliphatic heterocycles. The van der Waals surface area contributed by atoms with E-state index < -0.39 is 12.0 Å². The summed E-state index contributed by atoms with van der Waals surface area (Å²) in [6.07, 6.45) is 1.46. The Bertz CT molecular complexity index is 480. The van der Waals surface area contributed by atoms with Crippen molar-refractivity contribution in [3.05, 3.63) is 22.6 Å². The van der Waals surface area contributed by atoms with Gasteiger partial charge in [0.2, 0.25) is 0 Å². The monoisotopic (exact) mass is 330 g/mol. The van der Waals surface area contributed by atoms with Gasteiger partial charge in [0.25, 0.3) is 5.91 Å². The average molecular weight is 331 g/mol. The number of hydrogen-bond acceptors (Lipinski definition) is 4.